The fourth-order valence-corrected chi connectivity index (χ4v) is 0.577. The molecule has 0 aromatic heterocycles. The largest absolute Gasteiger partial charge is 0.412 e. The number of hydrogen-bond donors (Lipinski definition) is 1. The second-order valence-corrected chi connectivity index (χ2v) is 3.19. The van der Waals surface area contributed by atoms with Crippen molar-refractivity contribution in [3.63, 3.8) is 0 Å². The van der Waals surface area contributed by atoms with Crippen molar-refractivity contribution in [2.24, 2.45) is 0 Å². The van der Waals surface area contributed by atoms with E-state index in [1.54, 1.807) is 13.8 Å². The Morgan fingerprint density at radius 2 is 1.36 bits per heavy atom. The van der Waals surface area contributed by atoms with Gasteiger partial charge in [-0.25, -0.2) is 0 Å². The maximum Gasteiger partial charge on any atom is 0.160 e. The Morgan fingerprint density at radius 3 is 1.36 bits per heavy atom. The Morgan fingerprint density at radius 1 is 1.14 bits per heavy atom. The van der Waals surface area contributed by atoms with Crippen LogP contribution in [0.5, 0.6) is 0 Å². The van der Waals surface area contributed by atoms with Crippen molar-refractivity contribution in [3.8, 4) is 0 Å². The van der Waals surface area contributed by atoms with E-state index in [4.69, 9.17) is 9.84 Å². The van der Waals surface area contributed by atoms with E-state index in [0.29, 0.717) is 0 Å². The first-order valence-electron chi connectivity index (χ1n) is 3.97. The number of rotatable bonds is 2. The maximum atomic E-state index is 8.97. The fraction of sp³-hybridized carbons (Fsp3) is 0.889. The van der Waals surface area contributed by atoms with Crippen molar-refractivity contribution < 1.29 is 42.5 Å². The van der Waals surface area contributed by atoms with Crippen molar-refractivity contribution in [2.45, 2.75) is 53.4 Å². The molecule has 0 unspecified atom stereocenters. The van der Waals surface area contributed by atoms with Crippen molar-refractivity contribution in [1.29, 1.82) is 0 Å². The summed E-state index contributed by atoms with van der Waals surface area (Å²) in [5.74, 6) is -0.978. The van der Waals surface area contributed by atoms with E-state index in [2.05, 4.69) is 0 Å². The van der Waals surface area contributed by atoms with E-state index in [0.717, 1.165) is 0 Å². The first-order valence-corrected chi connectivity index (χ1v) is 3.97. The summed E-state index contributed by atoms with van der Waals surface area (Å²) >= 11 is 0. The van der Waals surface area contributed by atoms with E-state index in [1.165, 1.54) is 0 Å². The van der Waals surface area contributed by atoms with Gasteiger partial charge < -0.3 is 27.2 Å². The summed E-state index contributed by atoms with van der Waals surface area (Å²) in [6.45, 7) is 11.0. The molecule has 0 atom stereocenters. The van der Waals surface area contributed by atoms with Crippen LogP contribution >= 0.6 is 0 Å². The van der Waals surface area contributed by atoms with Crippen molar-refractivity contribution >= 4 is 0 Å². The average Bonchev–Trinajstić information content (AvgIpc) is 1.57. The van der Waals surface area contributed by atoms with E-state index < -0.39 is 5.79 Å². The van der Waals surface area contributed by atoms with Crippen LogP contribution in [-0.2, 0) is 26.5 Å². The minimum atomic E-state index is -0.978. The zero-order chi connectivity index (χ0) is 9.49. The molecule has 0 saturated heterocycles. The molecule has 5 heteroatoms. The van der Waals surface area contributed by atoms with Gasteiger partial charge in [0, 0.05) is 21.7 Å². The van der Waals surface area contributed by atoms with Crippen LogP contribution in [0.3, 0.4) is 0 Å². The Bertz CT molecular complexity index is 81.4. The first-order chi connectivity index (χ1) is 4.83. The molecule has 5 N–H and O–H groups in total. The molecule has 14 heavy (non-hydrogen) atoms. The molecule has 0 aromatic rings. The SMILES string of the molecule is CC(C)OC(C)(C)O.C[CH-]C.O.O.[Ti]. The minimum Gasteiger partial charge on any atom is -0.412 e. The van der Waals surface area contributed by atoms with E-state index in [1.807, 2.05) is 34.1 Å². The van der Waals surface area contributed by atoms with Crippen LogP contribution in [0.4, 0.5) is 0 Å². The third-order valence-electron chi connectivity index (χ3n) is 0.524. The Balaban J connectivity index is -0.0000000405. The fourth-order valence-electron chi connectivity index (χ4n) is 0.577. The van der Waals surface area contributed by atoms with Crippen LogP contribution in [0.2, 0.25) is 0 Å². The predicted molar refractivity (Wildman–Crippen MR) is 55.4 cm³/mol. The van der Waals surface area contributed by atoms with E-state index in [9.17, 15) is 0 Å². The molecular weight excluding hydrogens is 220 g/mol. The van der Waals surface area contributed by atoms with Gasteiger partial charge in [0.05, 0.1) is 6.10 Å². The summed E-state index contributed by atoms with van der Waals surface area (Å²) in [6, 6.07) is 0. The summed E-state index contributed by atoms with van der Waals surface area (Å²) < 4.78 is 4.99. The summed E-state index contributed by atoms with van der Waals surface area (Å²) in [7, 11) is 0. The molecule has 0 saturated carbocycles. The van der Waals surface area contributed by atoms with Gasteiger partial charge in [0.15, 0.2) is 5.79 Å². The molecule has 0 aliphatic heterocycles. The Labute approximate surface area is 103 Å². The average molecular weight is 245 g/mol. The minimum absolute atomic E-state index is 0. The van der Waals surface area contributed by atoms with Crippen molar-refractivity contribution in [1.82, 2.24) is 0 Å². The molecular formula is C9H25O4Ti-. The molecule has 0 spiro atoms. The molecule has 0 amide bonds. The quantitative estimate of drug-likeness (QED) is 0.441. The molecule has 4 nitrogen and oxygen atoms in total. The van der Waals surface area contributed by atoms with E-state index >= 15 is 0 Å². The molecule has 0 aromatic carbocycles. The zero-order valence-electron chi connectivity index (χ0n) is 10.0. The maximum absolute atomic E-state index is 8.97. The molecule has 0 aliphatic rings. The van der Waals surface area contributed by atoms with Gasteiger partial charge >= 0.3 is 0 Å². The summed E-state index contributed by atoms with van der Waals surface area (Å²) in [5.41, 5.74) is 0. The van der Waals surface area contributed by atoms with Gasteiger partial charge in [-0.1, -0.05) is 0 Å². The van der Waals surface area contributed by atoms with Crippen LogP contribution in [0.25, 0.3) is 0 Å². The van der Waals surface area contributed by atoms with Gasteiger partial charge in [-0.05, 0) is 27.7 Å². The van der Waals surface area contributed by atoms with E-state index in [-0.39, 0.29) is 38.8 Å². The number of ether oxygens (including phenoxy) is 1. The van der Waals surface area contributed by atoms with Gasteiger partial charge in [-0.2, -0.15) is 13.8 Å². The summed E-state index contributed by atoms with van der Waals surface area (Å²) in [4.78, 5) is 0. The van der Waals surface area contributed by atoms with Crippen LogP contribution in [0.1, 0.15) is 41.5 Å². The molecule has 0 bridgehead atoms. The van der Waals surface area contributed by atoms with Crippen LogP contribution in [-0.4, -0.2) is 27.9 Å². The summed E-state index contributed by atoms with van der Waals surface area (Å²) in [6.07, 6.45) is 2.09. The van der Waals surface area contributed by atoms with Crippen LogP contribution < -0.4 is 0 Å². The first kappa shape index (κ1) is 29.3. The second kappa shape index (κ2) is 16.0. The van der Waals surface area contributed by atoms with Crippen molar-refractivity contribution in [3.05, 3.63) is 6.42 Å². The van der Waals surface area contributed by atoms with Crippen LogP contribution in [0, 0.1) is 6.42 Å². The number of hydrogen-bond acceptors (Lipinski definition) is 2. The molecule has 0 fully saturated rings. The second-order valence-electron chi connectivity index (χ2n) is 3.19. The van der Waals surface area contributed by atoms with Gasteiger partial charge in [-0.3, -0.25) is 0 Å². The topological polar surface area (TPSA) is 92.5 Å². The number of aliphatic hydroxyl groups is 1. The van der Waals surface area contributed by atoms with Gasteiger partial charge in [-0.15, -0.1) is 0 Å². The molecule has 90 valence electrons. The monoisotopic (exact) mass is 245 g/mol. The van der Waals surface area contributed by atoms with Gasteiger partial charge in [0.1, 0.15) is 0 Å². The third kappa shape index (κ3) is 54.3. The standard InChI is InChI=1S/C6H14O2.C3H7.2H2O.Ti/c1-5(2)8-6(3,4)7;1-3-2;;;/h5,7H,1-4H3;3H,1-2H3;2*1H2;/q;-1;;;. The molecule has 0 heterocycles. The smallest absolute Gasteiger partial charge is 0.160 e. The predicted octanol–water partition coefficient (Wildman–Crippen LogP) is 0.718. The molecule has 0 aliphatic carbocycles. The normalized spacial score (nSPS) is 8.57. The Hall–Kier alpha value is 0.554. The Kier molecular flexibility index (Phi) is 33.5. The van der Waals surface area contributed by atoms with Crippen LogP contribution in [0.15, 0.2) is 0 Å². The zero-order valence-corrected chi connectivity index (χ0v) is 11.6. The van der Waals surface area contributed by atoms with Crippen molar-refractivity contribution in [2.75, 3.05) is 0 Å². The third-order valence-corrected chi connectivity index (χ3v) is 0.524. The summed E-state index contributed by atoms with van der Waals surface area (Å²) in [5, 5.41) is 8.97. The van der Waals surface area contributed by atoms with Gasteiger partial charge in [0.25, 0.3) is 0 Å². The molecule has 0 rings (SSSR count). The molecule has 0 radical (unpaired) electrons. The van der Waals surface area contributed by atoms with Gasteiger partial charge in [0.2, 0.25) is 0 Å².